The summed E-state index contributed by atoms with van der Waals surface area (Å²) in [6.07, 6.45) is 0. The molecule has 0 aromatic heterocycles. The Morgan fingerprint density at radius 3 is 2.55 bits per heavy atom. The molecule has 0 unspecified atom stereocenters. The molecule has 2 heterocycles. The molecular weight excluding hydrogens is 286 g/mol. The van der Waals surface area contributed by atoms with Gasteiger partial charge in [0, 0.05) is 0 Å². The Hall–Kier alpha value is -2.70. The maximum atomic E-state index is 12.7. The molecule has 114 valence electrons. The van der Waals surface area contributed by atoms with Gasteiger partial charge in [-0.25, -0.2) is 9.69 Å². The lowest BCUT2D eigenvalue weighted by molar-refractivity contribution is -0.133. The fourth-order valence-corrected chi connectivity index (χ4v) is 2.78. The minimum atomic E-state index is -1.26. The lowest BCUT2D eigenvalue weighted by Gasteiger charge is -2.20. The summed E-state index contributed by atoms with van der Waals surface area (Å²) >= 11 is 0. The number of benzene rings is 1. The van der Waals surface area contributed by atoms with Crippen LogP contribution in [0.4, 0.5) is 5.69 Å². The summed E-state index contributed by atoms with van der Waals surface area (Å²) in [4.78, 5) is 38.2. The van der Waals surface area contributed by atoms with Gasteiger partial charge in [0.15, 0.2) is 5.71 Å². The van der Waals surface area contributed by atoms with Gasteiger partial charge in [0.05, 0.1) is 12.8 Å². The smallest absolute Gasteiger partial charge is 0.355 e. The van der Waals surface area contributed by atoms with Crippen molar-refractivity contribution in [1.82, 2.24) is 5.43 Å². The predicted molar refractivity (Wildman–Crippen MR) is 78.2 cm³/mol. The summed E-state index contributed by atoms with van der Waals surface area (Å²) in [6, 6.07) is 7.03. The number of methoxy groups -OCH3 is 1. The highest BCUT2D eigenvalue weighted by molar-refractivity contribution is 6.47. The molecule has 2 amide bonds. The number of carbonyl (C=O) groups excluding carboxylic acids is 3. The molecule has 0 radical (unpaired) electrons. The molecule has 0 bridgehead atoms. The monoisotopic (exact) mass is 301 g/mol. The number of carbonyl (C=O) groups is 3. The van der Waals surface area contributed by atoms with Gasteiger partial charge in [-0.1, -0.05) is 17.7 Å². The van der Waals surface area contributed by atoms with E-state index in [1.54, 1.807) is 19.1 Å². The number of hydrogen-bond donors (Lipinski definition) is 1. The van der Waals surface area contributed by atoms with E-state index in [0.717, 1.165) is 10.5 Å². The minimum absolute atomic E-state index is 0.0713. The van der Waals surface area contributed by atoms with Gasteiger partial charge in [-0.3, -0.25) is 15.0 Å². The number of nitrogens with one attached hydrogen (secondary N) is 1. The third-order valence-corrected chi connectivity index (χ3v) is 4.06. The molecule has 1 aromatic carbocycles. The molecule has 1 saturated heterocycles. The molecule has 1 N–H and O–H groups in total. The number of esters is 1. The maximum Gasteiger partial charge on any atom is 0.355 e. The van der Waals surface area contributed by atoms with Crippen molar-refractivity contribution in [3.05, 3.63) is 29.8 Å². The fourth-order valence-electron chi connectivity index (χ4n) is 2.78. The van der Waals surface area contributed by atoms with E-state index in [2.05, 4.69) is 15.3 Å². The topological polar surface area (TPSA) is 88.1 Å². The first-order valence-corrected chi connectivity index (χ1v) is 6.78. The summed E-state index contributed by atoms with van der Waals surface area (Å²) in [6.45, 7) is 3.47. The van der Waals surface area contributed by atoms with Crippen LogP contribution < -0.4 is 10.3 Å². The number of ether oxygens (including phenoxy) is 1. The molecule has 2 atom stereocenters. The van der Waals surface area contributed by atoms with Gasteiger partial charge < -0.3 is 4.74 Å². The van der Waals surface area contributed by atoms with Crippen LogP contribution in [0.2, 0.25) is 0 Å². The standard InChI is InChI=1S/C15H15N3O4/c1-8-4-6-9(7-5-8)18-12(19)10-11(13(20)22-3)16-17-15(10,2)14(18)21/h4-7,10,17H,1-3H3/t10-,15-/m0/s1. The summed E-state index contributed by atoms with van der Waals surface area (Å²) in [7, 11) is 1.21. The molecule has 22 heavy (non-hydrogen) atoms. The van der Waals surface area contributed by atoms with Crippen LogP contribution in [-0.2, 0) is 19.1 Å². The summed E-state index contributed by atoms with van der Waals surface area (Å²) < 4.78 is 4.64. The van der Waals surface area contributed by atoms with Gasteiger partial charge in [0.25, 0.3) is 5.91 Å². The van der Waals surface area contributed by atoms with E-state index in [0.29, 0.717) is 5.69 Å². The largest absolute Gasteiger partial charge is 0.464 e. The van der Waals surface area contributed by atoms with Crippen LogP contribution in [0.1, 0.15) is 12.5 Å². The Labute approximate surface area is 126 Å². The van der Waals surface area contributed by atoms with Crippen LogP contribution in [0.3, 0.4) is 0 Å². The number of hydrogen-bond acceptors (Lipinski definition) is 6. The molecule has 1 fully saturated rings. The second-order valence-corrected chi connectivity index (χ2v) is 5.55. The van der Waals surface area contributed by atoms with Gasteiger partial charge in [0.2, 0.25) is 5.91 Å². The number of aryl methyl sites for hydroxylation is 1. The minimum Gasteiger partial charge on any atom is -0.464 e. The molecular formula is C15H15N3O4. The number of fused-ring (bicyclic) bond motifs is 1. The summed E-state index contributed by atoms with van der Waals surface area (Å²) in [5.74, 6) is -2.61. The molecule has 2 aliphatic heterocycles. The highest BCUT2D eigenvalue weighted by Gasteiger charge is 2.63. The van der Waals surface area contributed by atoms with Crippen LogP contribution in [-0.4, -0.2) is 36.1 Å². The van der Waals surface area contributed by atoms with Crippen LogP contribution in [0, 0.1) is 12.8 Å². The zero-order chi connectivity index (χ0) is 16.1. The van der Waals surface area contributed by atoms with Crippen LogP contribution >= 0.6 is 0 Å². The summed E-state index contributed by atoms with van der Waals surface area (Å²) in [5.41, 5.74) is 2.79. The number of amides is 2. The third-order valence-electron chi connectivity index (χ3n) is 4.06. The maximum absolute atomic E-state index is 12.7. The van der Waals surface area contributed by atoms with Crippen molar-refractivity contribution in [2.75, 3.05) is 12.0 Å². The highest BCUT2D eigenvalue weighted by atomic mass is 16.5. The van der Waals surface area contributed by atoms with E-state index in [9.17, 15) is 14.4 Å². The van der Waals surface area contributed by atoms with Crippen molar-refractivity contribution < 1.29 is 19.1 Å². The first kappa shape index (κ1) is 14.2. The van der Waals surface area contributed by atoms with Crippen molar-refractivity contribution in [3.63, 3.8) is 0 Å². The van der Waals surface area contributed by atoms with E-state index in [1.165, 1.54) is 7.11 Å². The highest BCUT2D eigenvalue weighted by Crippen LogP contribution is 2.38. The molecule has 0 saturated carbocycles. The predicted octanol–water partition coefficient (Wildman–Crippen LogP) is 0.375. The Kier molecular flexibility index (Phi) is 3.01. The average molecular weight is 301 g/mol. The quantitative estimate of drug-likeness (QED) is 0.630. The number of anilines is 1. The lowest BCUT2D eigenvalue weighted by atomic mass is 9.86. The molecule has 0 spiro atoms. The molecule has 2 aliphatic rings. The first-order chi connectivity index (χ1) is 10.4. The molecule has 1 aromatic rings. The van der Waals surface area contributed by atoms with Gasteiger partial charge in [0.1, 0.15) is 11.5 Å². The molecule has 7 heteroatoms. The van der Waals surface area contributed by atoms with E-state index < -0.39 is 29.2 Å². The third kappa shape index (κ3) is 1.75. The zero-order valence-electron chi connectivity index (χ0n) is 12.4. The van der Waals surface area contributed by atoms with Crippen molar-refractivity contribution in [2.24, 2.45) is 11.0 Å². The van der Waals surface area contributed by atoms with Crippen molar-refractivity contribution in [1.29, 1.82) is 0 Å². The Balaban J connectivity index is 2.03. The van der Waals surface area contributed by atoms with Gasteiger partial charge in [-0.2, -0.15) is 5.10 Å². The Bertz CT molecular complexity index is 710. The van der Waals surface area contributed by atoms with E-state index in [-0.39, 0.29) is 5.71 Å². The Morgan fingerprint density at radius 1 is 1.32 bits per heavy atom. The normalized spacial score (nSPS) is 26.6. The fraction of sp³-hybridized carbons (Fsp3) is 0.333. The molecule has 0 aliphatic carbocycles. The van der Waals surface area contributed by atoms with Gasteiger partial charge in [-0.15, -0.1) is 0 Å². The first-order valence-electron chi connectivity index (χ1n) is 6.78. The number of rotatable bonds is 2. The Morgan fingerprint density at radius 2 is 1.95 bits per heavy atom. The second kappa shape index (κ2) is 4.66. The average Bonchev–Trinajstić information content (AvgIpc) is 2.95. The number of hydrazone groups is 1. The van der Waals surface area contributed by atoms with E-state index in [4.69, 9.17) is 0 Å². The summed E-state index contributed by atoms with van der Waals surface area (Å²) in [5, 5.41) is 3.83. The van der Waals surface area contributed by atoms with Crippen molar-refractivity contribution >= 4 is 29.2 Å². The van der Waals surface area contributed by atoms with Crippen LogP contribution in [0.25, 0.3) is 0 Å². The van der Waals surface area contributed by atoms with Crippen LogP contribution in [0.15, 0.2) is 29.4 Å². The number of nitrogens with zero attached hydrogens (tertiary/aromatic N) is 2. The van der Waals surface area contributed by atoms with E-state index in [1.807, 2.05) is 19.1 Å². The SMILES string of the molecule is COC(=O)C1=NN[C@]2(C)C(=O)N(c3ccc(C)cc3)C(=O)[C@H]12. The second-order valence-electron chi connectivity index (χ2n) is 5.55. The lowest BCUT2D eigenvalue weighted by Crippen LogP contribution is -2.48. The van der Waals surface area contributed by atoms with Crippen molar-refractivity contribution in [2.45, 2.75) is 19.4 Å². The molecule has 3 rings (SSSR count). The van der Waals surface area contributed by atoms with Gasteiger partial charge in [-0.05, 0) is 26.0 Å². The van der Waals surface area contributed by atoms with E-state index >= 15 is 0 Å². The zero-order valence-corrected chi connectivity index (χ0v) is 12.4. The van der Waals surface area contributed by atoms with Gasteiger partial charge >= 0.3 is 5.97 Å². The number of imide groups is 1. The van der Waals surface area contributed by atoms with Crippen molar-refractivity contribution in [3.8, 4) is 0 Å². The molecule has 7 nitrogen and oxygen atoms in total. The van der Waals surface area contributed by atoms with Crippen LogP contribution in [0.5, 0.6) is 0 Å².